The Morgan fingerprint density at radius 1 is 1.52 bits per heavy atom. The zero-order valence-corrected chi connectivity index (χ0v) is 13.9. The van der Waals surface area contributed by atoms with Crippen LogP contribution in [0.4, 0.5) is 4.39 Å². The lowest BCUT2D eigenvalue weighted by atomic mass is 10.1. The number of aromatic nitrogens is 3. The third-order valence-corrected chi connectivity index (χ3v) is 3.86. The summed E-state index contributed by atoms with van der Waals surface area (Å²) >= 11 is 0. The van der Waals surface area contributed by atoms with Crippen LogP contribution < -0.4 is 20.9 Å². The van der Waals surface area contributed by atoms with E-state index in [-0.39, 0.29) is 29.8 Å². The van der Waals surface area contributed by atoms with Gasteiger partial charge < -0.3 is 10.1 Å². The van der Waals surface area contributed by atoms with Crippen LogP contribution in [-0.2, 0) is 11.3 Å². The standard InChI is InChI=1S/C16H21FN6O2/c1-11(7-23-10-18-9-19-23)20-16(24)15-6-13(21-22-15)8-25-14-4-2-3-12(17)5-14/h2-5,9-11,13,15,21-22H,6-8H2,1H3,(H,20,24). The van der Waals surface area contributed by atoms with E-state index in [4.69, 9.17) is 4.74 Å². The number of hydrazine groups is 1. The predicted molar refractivity (Wildman–Crippen MR) is 88.0 cm³/mol. The molecule has 1 fully saturated rings. The van der Waals surface area contributed by atoms with Gasteiger partial charge in [0.25, 0.3) is 0 Å². The van der Waals surface area contributed by atoms with E-state index in [9.17, 15) is 9.18 Å². The van der Waals surface area contributed by atoms with Crippen LogP contribution in [0.25, 0.3) is 0 Å². The Bertz CT molecular complexity index is 696. The predicted octanol–water partition coefficient (Wildman–Crippen LogP) is 0.236. The van der Waals surface area contributed by atoms with Gasteiger partial charge in [0, 0.05) is 12.1 Å². The molecule has 3 N–H and O–H groups in total. The molecule has 0 radical (unpaired) electrons. The van der Waals surface area contributed by atoms with Crippen molar-refractivity contribution in [3.05, 3.63) is 42.7 Å². The van der Waals surface area contributed by atoms with Crippen LogP contribution in [0.1, 0.15) is 13.3 Å². The molecular weight excluding hydrogens is 327 g/mol. The topological polar surface area (TPSA) is 93.1 Å². The second-order valence-corrected chi connectivity index (χ2v) is 6.07. The van der Waals surface area contributed by atoms with E-state index >= 15 is 0 Å². The van der Waals surface area contributed by atoms with Gasteiger partial charge in [0.2, 0.25) is 5.91 Å². The lowest BCUT2D eigenvalue weighted by Crippen LogP contribution is -2.47. The number of rotatable bonds is 7. The summed E-state index contributed by atoms with van der Waals surface area (Å²) in [6.45, 7) is 2.80. The number of ether oxygens (including phenoxy) is 1. The highest BCUT2D eigenvalue weighted by atomic mass is 19.1. The molecule has 8 nitrogen and oxygen atoms in total. The number of nitrogens with one attached hydrogen (secondary N) is 3. The van der Waals surface area contributed by atoms with Crippen LogP contribution in [0.2, 0.25) is 0 Å². The van der Waals surface area contributed by atoms with E-state index in [1.807, 2.05) is 6.92 Å². The van der Waals surface area contributed by atoms with Crippen molar-refractivity contribution in [2.75, 3.05) is 6.61 Å². The molecule has 3 rings (SSSR count). The van der Waals surface area contributed by atoms with E-state index in [0.29, 0.717) is 25.3 Å². The number of nitrogens with zero attached hydrogens (tertiary/aromatic N) is 3. The van der Waals surface area contributed by atoms with Crippen molar-refractivity contribution < 1.29 is 13.9 Å². The molecule has 1 aromatic carbocycles. The van der Waals surface area contributed by atoms with Crippen LogP contribution in [-0.4, -0.2) is 45.4 Å². The monoisotopic (exact) mass is 348 g/mol. The number of hydrogen-bond donors (Lipinski definition) is 3. The van der Waals surface area contributed by atoms with Crippen LogP contribution in [0.3, 0.4) is 0 Å². The molecule has 1 saturated heterocycles. The lowest BCUT2D eigenvalue weighted by Gasteiger charge is -2.16. The van der Waals surface area contributed by atoms with Gasteiger partial charge in [-0.15, -0.1) is 0 Å². The van der Waals surface area contributed by atoms with Crippen molar-refractivity contribution in [3.63, 3.8) is 0 Å². The van der Waals surface area contributed by atoms with E-state index in [2.05, 4.69) is 26.3 Å². The molecule has 134 valence electrons. The Morgan fingerprint density at radius 3 is 3.16 bits per heavy atom. The molecule has 0 saturated carbocycles. The molecule has 3 atom stereocenters. The van der Waals surface area contributed by atoms with Crippen molar-refractivity contribution in [2.45, 2.75) is 38.0 Å². The molecule has 3 unspecified atom stereocenters. The molecule has 1 aliphatic heterocycles. The summed E-state index contributed by atoms with van der Waals surface area (Å²) in [5.41, 5.74) is 6.00. The summed E-state index contributed by atoms with van der Waals surface area (Å²) in [5, 5.41) is 6.96. The summed E-state index contributed by atoms with van der Waals surface area (Å²) in [6, 6.07) is 5.53. The first-order valence-corrected chi connectivity index (χ1v) is 8.12. The molecule has 25 heavy (non-hydrogen) atoms. The Balaban J connectivity index is 1.41. The van der Waals surface area contributed by atoms with Gasteiger partial charge in [-0.05, 0) is 25.5 Å². The maximum atomic E-state index is 13.1. The molecule has 2 aromatic rings. The maximum absolute atomic E-state index is 13.1. The van der Waals surface area contributed by atoms with Crippen LogP contribution in [0.5, 0.6) is 5.75 Å². The first-order valence-electron chi connectivity index (χ1n) is 8.12. The van der Waals surface area contributed by atoms with Crippen molar-refractivity contribution in [3.8, 4) is 5.75 Å². The fourth-order valence-electron chi connectivity index (χ4n) is 2.65. The molecule has 2 heterocycles. The van der Waals surface area contributed by atoms with Gasteiger partial charge in [0.1, 0.15) is 36.9 Å². The van der Waals surface area contributed by atoms with Gasteiger partial charge in [0.15, 0.2) is 0 Å². The quantitative estimate of drug-likeness (QED) is 0.664. The molecule has 1 amide bonds. The summed E-state index contributed by atoms with van der Waals surface area (Å²) < 4.78 is 20.3. The SMILES string of the molecule is CC(Cn1cncn1)NC(=O)C1CC(COc2cccc(F)c2)NN1. The average Bonchev–Trinajstić information content (AvgIpc) is 3.24. The highest BCUT2D eigenvalue weighted by molar-refractivity contribution is 5.82. The third kappa shape index (κ3) is 4.97. The van der Waals surface area contributed by atoms with E-state index in [1.54, 1.807) is 23.1 Å². The van der Waals surface area contributed by atoms with Crippen LogP contribution in [0, 0.1) is 5.82 Å². The minimum atomic E-state index is -0.348. The van der Waals surface area contributed by atoms with E-state index in [1.165, 1.54) is 18.5 Å². The number of amides is 1. The summed E-state index contributed by atoms with van der Waals surface area (Å²) in [5.74, 6) is 0.0400. The number of halogens is 1. The number of benzene rings is 1. The van der Waals surface area contributed by atoms with Crippen LogP contribution >= 0.6 is 0 Å². The van der Waals surface area contributed by atoms with Crippen molar-refractivity contribution >= 4 is 5.91 Å². The lowest BCUT2D eigenvalue weighted by molar-refractivity contribution is -0.123. The van der Waals surface area contributed by atoms with Crippen molar-refractivity contribution in [1.82, 2.24) is 30.9 Å². The van der Waals surface area contributed by atoms with Crippen LogP contribution in [0.15, 0.2) is 36.9 Å². The molecule has 1 aromatic heterocycles. The second-order valence-electron chi connectivity index (χ2n) is 6.07. The van der Waals surface area contributed by atoms with Gasteiger partial charge in [-0.2, -0.15) is 5.10 Å². The van der Waals surface area contributed by atoms with Gasteiger partial charge in [-0.1, -0.05) is 6.07 Å². The van der Waals surface area contributed by atoms with Crippen molar-refractivity contribution in [1.29, 1.82) is 0 Å². The summed E-state index contributed by atoms with van der Waals surface area (Å²) in [7, 11) is 0. The Hall–Kier alpha value is -2.52. The number of carbonyl (C=O) groups excluding carboxylic acids is 1. The first kappa shape index (κ1) is 17.3. The fraction of sp³-hybridized carbons (Fsp3) is 0.438. The maximum Gasteiger partial charge on any atom is 0.238 e. The van der Waals surface area contributed by atoms with E-state index < -0.39 is 0 Å². The van der Waals surface area contributed by atoms with Gasteiger partial charge in [0.05, 0.1) is 12.6 Å². The Kier molecular flexibility index (Phi) is 5.56. The molecule has 9 heteroatoms. The average molecular weight is 348 g/mol. The Morgan fingerprint density at radius 2 is 2.40 bits per heavy atom. The zero-order valence-electron chi connectivity index (χ0n) is 13.9. The Labute approximate surface area is 144 Å². The number of carbonyl (C=O) groups is 1. The van der Waals surface area contributed by atoms with Gasteiger partial charge in [-0.25, -0.2) is 14.8 Å². The highest BCUT2D eigenvalue weighted by Gasteiger charge is 2.30. The molecule has 0 aliphatic carbocycles. The molecule has 0 spiro atoms. The van der Waals surface area contributed by atoms with Crippen molar-refractivity contribution in [2.24, 2.45) is 0 Å². The molecule has 1 aliphatic rings. The minimum Gasteiger partial charge on any atom is -0.492 e. The smallest absolute Gasteiger partial charge is 0.238 e. The minimum absolute atomic E-state index is 0.0374. The third-order valence-electron chi connectivity index (χ3n) is 3.86. The molecule has 0 bridgehead atoms. The second kappa shape index (κ2) is 8.04. The summed E-state index contributed by atoms with van der Waals surface area (Å²) in [6.07, 6.45) is 3.65. The first-order chi connectivity index (χ1) is 12.1. The van der Waals surface area contributed by atoms with Gasteiger partial charge >= 0.3 is 0 Å². The fourth-order valence-corrected chi connectivity index (χ4v) is 2.65. The zero-order chi connectivity index (χ0) is 17.6. The normalized spacial score (nSPS) is 21.0. The van der Waals surface area contributed by atoms with Gasteiger partial charge in [-0.3, -0.25) is 14.9 Å². The summed E-state index contributed by atoms with van der Waals surface area (Å²) in [4.78, 5) is 16.2. The largest absolute Gasteiger partial charge is 0.492 e. The number of hydrogen-bond acceptors (Lipinski definition) is 6. The highest BCUT2D eigenvalue weighted by Crippen LogP contribution is 2.14. The molecular formula is C16H21FN6O2. The van der Waals surface area contributed by atoms with E-state index in [0.717, 1.165) is 0 Å².